The van der Waals surface area contributed by atoms with Crippen LogP contribution in [0.15, 0.2) is 77.4 Å². The zero-order valence-corrected chi connectivity index (χ0v) is 25.1. The normalized spacial score (nSPS) is 13.7. The maximum Gasteiger partial charge on any atom is 0.252 e. The summed E-state index contributed by atoms with van der Waals surface area (Å²) < 4.78 is 0.983. The number of H-pyrrole nitrogens is 1. The minimum atomic E-state index is -0.156. The summed E-state index contributed by atoms with van der Waals surface area (Å²) in [6.07, 6.45) is 8.34. The molecular formula is C35H34BrN5O. The molecule has 2 heterocycles. The lowest BCUT2D eigenvalue weighted by Gasteiger charge is -2.21. The van der Waals surface area contributed by atoms with Gasteiger partial charge in [0.05, 0.1) is 23.3 Å². The van der Waals surface area contributed by atoms with E-state index in [-0.39, 0.29) is 5.91 Å². The molecule has 0 saturated heterocycles. The lowest BCUT2D eigenvalue weighted by Crippen LogP contribution is -2.31. The van der Waals surface area contributed by atoms with Crippen LogP contribution in [-0.2, 0) is 13.1 Å². The van der Waals surface area contributed by atoms with Gasteiger partial charge in [0.15, 0.2) is 0 Å². The standard InChI is InChI=1S/C35H34BrN5O/c36-26-13-15-32-29(18-26)31(22-39-32)34-19-30(35(42)40-21-25-10-8-24(20-37)9-11-25)28-17-23(12-14-33(28)41-34)5-4-16-38-27-6-2-1-3-7-27/h8-15,17-19,22,27,38-39H,1-3,6-7,16,20-21,37H2,(H,40,42). The molecule has 1 amide bonds. The number of aromatic amines is 1. The van der Waals surface area contributed by atoms with Gasteiger partial charge in [0, 0.05) is 57.2 Å². The first-order valence-corrected chi connectivity index (χ1v) is 15.4. The van der Waals surface area contributed by atoms with Crippen LogP contribution in [0.4, 0.5) is 0 Å². The molecule has 7 heteroatoms. The molecule has 2 aromatic heterocycles. The van der Waals surface area contributed by atoms with Crippen molar-refractivity contribution in [1.29, 1.82) is 0 Å². The molecule has 0 radical (unpaired) electrons. The summed E-state index contributed by atoms with van der Waals surface area (Å²) in [7, 11) is 0. The summed E-state index contributed by atoms with van der Waals surface area (Å²) in [4.78, 5) is 22.0. The number of aromatic nitrogens is 2. The number of hydrogen-bond acceptors (Lipinski definition) is 4. The van der Waals surface area contributed by atoms with E-state index in [1.807, 2.05) is 66.9 Å². The van der Waals surface area contributed by atoms with Gasteiger partial charge in [-0.25, -0.2) is 4.98 Å². The van der Waals surface area contributed by atoms with Gasteiger partial charge >= 0.3 is 0 Å². The van der Waals surface area contributed by atoms with Gasteiger partial charge < -0.3 is 21.4 Å². The fourth-order valence-electron chi connectivity index (χ4n) is 5.65. The van der Waals surface area contributed by atoms with Gasteiger partial charge in [-0.3, -0.25) is 4.79 Å². The predicted octanol–water partition coefficient (Wildman–Crippen LogP) is 6.81. The Bertz CT molecular complexity index is 1790. The highest BCUT2D eigenvalue weighted by Gasteiger charge is 2.17. The van der Waals surface area contributed by atoms with Crippen molar-refractivity contribution in [1.82, 2.24) is 20.6 Å². The van der Waals surface area contributed by atoms with Crippen molar-refractivity contribution in [3.05, 3.63) is 99.7 Å². The summed E-state index contributed by atoms with van der Waals surface area (Å²) in [5.74, 6) is 6.41. The number of carbonyl (C=O) groups is 1. The van der Waals surface area contributed by atoms with Crippen molar-refractivity contribution in [3.63, 3.8) is 0 Å². The van der Waals surface area contributed by atoms with Crippen molar-refractivity contribution < 1.29 is 4.79 Å². The number of pyridine rings is 1. The van der Waals surface area contributed by atoms with Gasteiger partial charge in [0.25, 0.3) is 5.91 Å². The highest BCUT2D eigenvalue weighted by Crippen LogP contribution is 2.32. The van der Waals surface area contributed by atoms with Gasteiger partial charge in [-0.1, -0.05) is 71.3 Å². The number of nitrogens with one attached hydrogen (secondary N) is 3. The van der Waals surface area contributed by atoms with Crippen molar-refractivity contribution in [2.75, 3.05) is 6.54 Å². The molecule has 1 aliphatic rings. The van der Waals surface area contributed by atoms with Crippen LogP contribution in [0.1, 0.15) is 59.2 Å². The third-order valence-corrected chi connectivity index (χ3v) is 8.50. The average Bonchev–Trinajstić information content (AvgIpc) is 3.45. The highest BCUT2D eigenvalue weighted by atomic mass is 79.9. The first-order chi connectivity index (χ1) is 20.6. The van der Waals surface area contributed by atoms with E-state index in [1.165, 1.54) is 32.1 Å². The Labute approximate surface area is 254 Å². The molecule has 0 atom stereocenters. The molecule has 0 bridgehead atoms. The third kappa shape index (κ3) is 6.42. The van der Waals surface area contributed by atoms with Gasteiger partial charge in [-0.05, 0) is 66.4 Å². The maximum atomic E-state index is 13.7. The second-order valence-electron chi connectivity index (χ2n) is 10.9. The summed E-state index contributed by atoms with van der Waals surface area (Å²) in [5.41, 5.74) is 12.7. The minimum absolute atomic E-state index is 0.156. The largest absolute Gasteiger partial charge is 0.360 e. The number of carbonyl (C=O) groups excluding carboxylic acids is 1. The molecule has 5 N–H and O–H groups in total. The van der Waals surface area contributed by atoms with E-state index in [9.17, 15) is 4.79 Å². The van der Waals surface area contributed by atoms with E-state index in [0.29, 0.717) is 31.2 Å². The van der Waals surface area contributed by atoms with E-state index < -0.39 is 0 Å². The fraction of sp³-hybridized carbons (Fsp3) is 0.257. The number of benzene rings is 3. The van der Waals surface area contributed by atoms with Crippen molar-refractivity contribution >= 4 is 43.6 Å². The van der Waals surface area contributed by atoms with Gasteiger partial charge in [0.2, 0.25) is 0 Å². The van der Waals surface area contributed by atoms with Gasteiger partial charge in [0.1, 0.15) is 0 Å². The molecule has 0 unspecified atom stereocenters. The number of nitrogens with zero attached hydrogens (tertiary/aromatic N) is 1. The molecule has 3 aromatic carbocycles. The Morgan fingerprint density at radius 1 is 0.976 bits per heavy atom. The number of amides is 1. The Hall–Kier alpha value is -3.96. The molecule has 1 saturated carbocycles. The van der Waals surface area contributed by atoms with Crippen molar-refractivity contribution in [3.8, 4) is 23.1 Å². The number of fused-ring (bicyclic) bond motifs is 2. The summed E-state index contributed by atoms with van der Waals surface area (Å²) in [5, 5.41) is 8.51. The molecule has 212 valence electrons. The topological polar surface area (TPSA) is 95.8 Å². The molecule has 6 nitrogen and oxygen atoms in total. The Kier molecular flexibility index (Phi) is 8.66. The van der Waals surface area contributed by atoms with Crippen LogP contribution in [0.25, 0.3) is 33.1 Å². The molecule has 0 spiro atoms. The smallest absolute Gasteiger partial charge is 0.252 e. The highest BCUT2D eigenvalue weighted by molar-refractivity contribution is 9.10. The molecule has 5 aromatic rings. The number of hydrogen-bond donors (Lipinski definition) is 4. The molecule has 1 aliphatic carbocycles. The zero-order chi connectivity index (χ0) is 28.9. The SMILES string of the molecule is NCc1ccc(CNC(=O)c2cc(-c3c[nH]c4ccc(Br)cc34)nc3ccc(C#CCNC4CCCCC4)cc23)cc1. The summed E-state index contributed by atoms with van der Waals surface area (Å²) in [6, 6.07) is 22.5. The fourth-order valence-corrected chi connectivity index (χ4v) is 6.01. The number of halogens is 1. The molecule has 0 aliphatic heterocycles. The third-order valence-electron chi connectivity index (χ3n) is 8.00. The van der Waals surface area contributed by atoms with E-state index in [0.717, 1.165) is 54.2 Å². The zero-order valence-electron chi connectivity index (χ0n) is 23.5. The lowest BCUT2D eigenvalue weighted by molar-refractivity contribution is 0.0952. The minimum Gasteiger partial charge on any atom is -0.360 e. The number of nitrogens with two attached hydrogens (primary N) is 1. The van der Waals surface area contributed by atoms with Crippen LogP contribution in [0.2, 0.25) is 0 Å². The van der Waals surface area contributed by atoms with E-state index in [4.69, 9.17) is 10.7 Å². The predicted molar refractivity (Wildman–Crippen MR) is 174 cm³/mol. The Morgan fingerprint density at radius 2 is 1.79 bits per heavy atom. The molecule has 42 heavy (non-hydrogen) atoms. The quantitative estimate of drug-likeness (QED) is 0.151. The van der Waals surface area contributed by atoms with E-state index >= 15 is 0 Å². The van der Waals surface area contributed by atoms with Gasteiger partial charge in [-0.2, -0.15) is 0 Å². The van der Waals surface area contributed by atoms with Crippen molar-refractivity contribution in [2.24, 2.45) is 5.73 Å². The Balaban J connectivity index is 1.32. The van der Waals surface area contributed by atoms with Crippen LogP contribution >= 0.6 is 15.9 Å². The van der Waals surface area contributed by atoms with Crippen LogP contribution in [0, 0.1) is 11.8 Å². The number of rotatable bonds is 7. The van der Waals surface area contributed by atoms with Crippen LogP contribution in [-0.4, -0.2) is 28.5 Å². The lowest BCUT2D eigenvalue weighted by atomic mass is 9.95. The maximum absolute atomic E-state index is 13.7. The Morgan fingerprint density at radius 3 is 2.60 bits per heavy atom. The van der Waals surface area contributed by atoms with Gasteiger partial charge in [-0.15, -0.1) is 0 Å². The van der Waals surface area contributed by atoms with E-state index in [1.54, 1.807) is 0 Å². The summed E-state index contributed by atoms with van der Waals surface area (Å²) >= 11 is 3.59. The summed E-state index contributed by atoms with van der Waals surface area (Å²) in [6.45, 7) is 1.56. The van der Waals surface area contributed by atoms with Crippen LogP contribution in [0.5, 0.6) is 0 Å². The first-order valence-electron chi connectivity index (χ1n) is 14.6. The van der Waals surface area contributed by atoms with Crippen molar-refractivity contribution in [2.45, 2.75) is 51.2 Å². The van der Waals surface area contributed by atoms with E-state index in [2.05, 4.69) is 49.5 Å². The molecule has 6 rings (SSSR count). The molecular weight excluding hydrogens is 586 g/mol. The second kappa shape index (κ2) is 12.9. The first kappa shape index (κ1) is 28.2. The molecule has 1 fully saturated rings. The van der Waals surface area contributed by atoms with Crippen LogP contribution in [0.3, 0.4) is 0 Å². The van der Waals surface area contributed by atoms with Crippen LogP contribution < -0.4 is 16.4 Å². The average molecular weight is 621 g/mol. The monoisotopic (exact) mass is 619 g/mol. The second-order valence-corrected chi connectivity index (χ2v) is 11.8.